The van der Waals surface area contributed by atoms with Crippen molar-refractivity contribution in [2.24, 2.45) is 0 Å². The van der Waals surface area contributed by atoms with Crippen LogP contribution in [0.2, 0.25) is 0 Å². The zero-order chi connectivity index (χ0) is 21.9. The Labute approximate surface area is 173 Å². The summed E-state index contributed by atoms with van der Waals surface area (Å²) >= 11 is 0. The molecule has 0 saturated carbocycles. The number of carbonyl (C=O) groups excluding carboxylic acids is 4. The Morgan fingerprint density at radius 2 is 1.50 bits per heavy atom. The highest BCUT2D eigenvalue weighted by molar-refractivity contribution is 6.20. The summed E-state index contributed by atoms with van der Waals surface area (Å²) in [4.78, 5) is 53.8. The molecule has 3 rings (SSSR count). The number of hydrogen-bond donors (Lipinski definition) is 1. The second kappa shape index (κ2) is 8.36. The number of ether oxygens (including phenoxy) is 1. The molecule has 3 amide bonds. The summed E-state index contributed by atoms with van der Waals surface area (Å²) in [6, 6.07) is 13.2. The van der Waals surface area contributed by atoms with Crippen LogP contribution in [0.4, 0.5) is 10.5 Å². The summed E-state index contributed by atoms with van der Waals surface area (Å²) < 4.78 is 5.24. The maximum Gasteiger partial charge on any atom is 0.412 e. The van der Waals surface area contributed by atoms with Gasteiger partial charge in [0.2, 0.25) is 0 Å². The third-order valence-electron chi connectivity index (χ3n) is 4.20. The maximum atomic E-state index is 12.3. The molecule has 8 nitrogen and oxygen atoms in total. The van der Waals surface area contributed by atoms with Gasteiger partial charge < -0.3 is 9.57 Å². The van der Waals surface area contributed by atoms with Crippen LogP contribution in [0.1, 0.15) is 53.5 Å². The molecule has 1 aliphatic heterocycles. The monoisotopic (exact) mass is 410 g/mol. The SMILES string of the molecule is CC(C)(C)OC(=O)Nc1ccccc1CCC(=O)ON1C(=O)c2ccccc2C1=O. The molecule has 8 heteroatoms. The highest BCUT2D eigenvalue weighted by Gasteiger charge is 2.38. The topological polar surface area (TPSA) is 102 Å². The minimum Gasteiger partial charge on any atom is -0.444 e. The van der Waals surface area contributed by atoms with Crippen LogP contribution in [0.25, 0.3) is 0 Å². The van der Waals surface area contributed by atoms with Gasteiger partial charge in [0.1, 0.15) is 5.60 Å². The molecular weight excluding hydrogens is 388 g/mol. The van der Waals surface area contributed by atoms with Gasteiger partial charge >= 0.3 is 12.1 Å². The molecule has 0 aliphatic carbocycles. The van der Waals surface area contributed by atoms with E-state index < -0.39 is 29.5 Å². The Morgan fingerprint density at radius 3 is 2.10 bits per heavy atom. The Morgan fingerprint density at radius 1 is 0.933 bits per heavy atom. The van der Waals surface area contributed by atoms with E-state index in [1.54, 1.807) is 57.2 Å². The molecule has 0 fully saturated rings. The van der Waals surface area contributed by atoms with Crippen molar-refractivity contribution in [3.63, 3.8) is 0 Å². The molecule has 1 N–H and O–H groups in total. The number of anilines is 1. The lowest BCUT2D eigenvalue weighted by molar-refractivity contribution is -0.168. The van der Waals surface area contributed by atoms with E-state index in [4.69, 9.17) is 9.57 Å². The third-order valence-corrected chi connectivity index (χ3v) is 4.20. The van der Waals surface area contributed by atoms with E-state index in [1.165, 1.54) is 12.1 Å². The van der Waals surface area contributed by atoms with E-state index in [2.05, 4.69) is 5.32 Å². The smallest absolute Gasteiger partial charge is 0.412 e. The lowest BCUT2D eigenvalue weighted by Gasteiger charge is -2.20. The standard InChI is InChI=1S/C22H22N2O6/c1-22(2,3)29-21(28)23-17-11-7-4-8-14(17)12-13-18(25)30-24-19(26)15-9-5-6-10-16(15)20(24)27/h4-11H,12-13H2,1-3H3,(H,23,28). The predicted molar refractivity (Wildman–Crippen MR) is 108 cm³/mol. The van der Waals surface area contributed by atoms with Crippen LogP contribution < -0.4 is 5.32 Å². The lowest BCUT2D eigenvalue weighted by Crippen LogP contribution is -2.32. The molecule has 0 saturated heterocycles. The molecule has 1 aliphatic rings. The van der Waals surface area contributed by atoms with Gasteiger partial charge in [0.05, 0.1) is 17.5 Å². The Bertz CT molecular complexity index is 974. The molecule has 0 spiro atoms. The van der Waals surface area contributed by atoms with E-state index in [9.17, 15) is 19.2 Å². The number of aryl methyl sites for hydroxylation is 1. The fourth-order valence-electron chi connectivity index (χ4n) is 2.91. The van der Waals surface area contributed by atoms with Gasteiger partial charge in [-0.15, -0.1) is 0 Å². The van der Waals surface area contributed by atoms with Gasteiger partial charge in [0.25, 0.3) is 11.8 Å². The molecule has 0 radical (unpaired) electrons. The molecule has 156 valence electrons. The summed E-state index contributed by atoms with van der Waals surface area (Å²) in [5.74, 6) is -2.08. The number of hydrogen-bond acceptors (Lipinski definition) is 6. The molecule has 2 aromatic rings. The van der Waals surface area contributed by atoms with Gasteiger partial charge in [-0.05, 0) is 51.0 Å². The number of benzene rings is 2. The van der Waals surface area contributed by atoms with Gasteiger partial charge in [-0.3, -0.25) is 14.9 Å². The predicted octanol–water partition coefficient (Wildman–Crippen LogP) is 3.72. The van der Waals surface area contributed by atoms with Crippen molar-refractivity contribution in [2.75, 3.05) is 5.32 Å². The van der Waals surface area contributed by atoms with Crippen molar-refractivity contribution in [3.8, 4) is 0 Å². The normalized spacial score (nSPS) is 13.1. The van der Waals surface area contributed by atoms with E-state index in [1.807, 2.05) is 0 Å². The number of imide groups is 1. The molecule has 0 atom stereocenters. The van der Waals surface area contributed by atoms with Crippen LogP contribution in [-0.2, 0) is 20.8 Å². The minimum atomic E-state index is -0.739. The van der Waals surface area contributed by atoms with Crippen molar-refractivity contribution in [1.82, 2.24) is 5.06 Å². The van der Waals surface area contributed by atoms with Gasteiger partial charge in [-0.1, -0.05) is 35.4 Å². The highest BCUT2D eigenvalue weighted by Crippen LogP contribution is 2.23. The fourth-order valence-corrected chi connectivity index (χ4v) is 2.91. The van der Waals surface area contributed by atoms with Crippen molar-refractivity contribution in [1.29, 1.82) is 0 Å². The summed E-state index contributed by atoms with van der Waals surface area (Å²) in [5, 5.41) is 3.14. The highest BCUT2D eigenvalue weighted by atomic mass is 16.7. The van der Waals surface area contributed by atoms with Crippen LogP contribution in [0.3, 0.4) is 0 Å². The Hall–Kier alpha value is -3.68. The van der Waals surface area contributed by atoms with Crippen molar-refractivity contribution in [3.05, 3.63) is 65.2 Å². The Balaban J connectivity index is 1.60. The Kier molecular flexibility index (Phi) is 5.86. The molecule has 1 heterocycles. The molecule has 0 unspecified atom stereocenters. The van der Waals surface area contributed by atoms with Crippen molar-refractivity contribution < 1.29 is 28.8 Å². The zero-order valence-corrected chi connectivity index (χ0v) is 16.9. The summed E-state index contributed by atoms with van der Waals surface area (Å²) in [6.07, 6.45) is -0.474. The average Bonchev–Trinajstić information content (AvgIpc) is 2.91. The lowest BCUT2D eigenvalue weighted by atomic mass is 10.1. The molecule has 0 aromatic heterocycles. The van der Waals surface area contributed by atoms with Gasteiger partial charge in [-0.25, -0.2) is 9.59 Å². The largest absolute Gasteiger partial charge is 0.444 e. The van der Waals surface area contributed by atoms with Crippen molar-refractivity contribution >= 4 is 29.6 Å². The van der Waals surface area contributed by atoms with Crippen LogP contribution in [0, 0.1) is 0 Å². The number of hydroxylamine groups is 2. The number of fused-ring (bicyclic) bond motifs is 1. The third kappa shape index (κ3) is 4.83. The fraction of sp³-hybridized carbons (Fsp3) is 0.273. The number of carbonyl (C=O) groups is 4. The number of nitrogens with one attached hydrogen (secondary N) is 1. The second-order valence-corrected chi connectivity index (χ2v) is 7.70. The van der Waals surface area contributed by atoms with Crippen LogP contribution in [0.5, 0.6) is 0 Å². The van der Waals surface area contributed by atoms with Crippen LogP contribution in [0.15, 0.2) is 48.5 Å². The molecule has 2 aromatic carbocycles. The molecule has 30 heavy (non-hydrogen) atoms. The molecule has 0 bridgehead atoms. The van der Waals surface area contributed by atoms with E-state index in [-0.39, 0.29) is 24.0 Å². The minimum absolute atomic E-state index is 0.0968. The maximum absolute atomic E-state index is 12.3. The number of nitrogens with zero attached hydrogens (tertiary/aromatic N) is 1. The van der Waals surface area contributed by atoms with E-state index in [0.717, 1.165) is 0 Å². The zero-order valence-electron chi connectivity index (χ0n) is 16.9. The van der Waals surface area contributed by atoms with E-state index >= 15 is 0 Å². The van der Waals surface area contributed by atoms with E-state index in [0.29, 0.717) is 16.3 Å². The van der Waals surface area contributed by atoms with Crippen LogP contribution >= 0.6 is 0 Å². The van der Waals surface area contributed by atoms with Gasteiger partial charge in [-0.2, -0.15) is 0 Å². The number of amides is 3. The van der Waals surface area contributed by atoms with Crippen molar-refractivity contribution in [2.45, 2.75) is 39.2 Å². The number of para-hydroxylation sites is 1. The average molecular weight is 410 g/mol. The second-order valence-electron chi connectivity index (χ2n) is 7.70. The quantitative estimate of drug-likeness (QED) is 0.754. The first kappa shape index (κ1) is 21.0. The van der Waals surface area contributed by atoms with Gasteiger partial charge in [0.15, 0.2) is 0 Å². The number of rotatable bonds is 5. The summed E-state index contributed by atoms with van der Waals surface area (Å²) in [6.45, 7) is 5.27. The molecular formula is C22H22N2O6. The van der Waals surface area contributed by atoms with Gasteiger partial charge in [0, 0.05) is 5.69 Å². The first-order valence-corrected chi connectivity index (χ1v) is 9.42. The summed E-state index contributed by atoms with van der Waals surface area (Å²) in [7, 11) is 0. The first-order valence-electron chi connectivity index (χ1n) is 9.42. The summed E-state index contributed by atoms with van der Waals surface area (Å²) in [5.41, 5.74) is 0.933. The van der Waals surface area contributed by atoms with Crippen LogP contribution in [-0.4, -0.2) is 34.5 Å². The first-order chi connectivity index (χ1) is 14.2.